The van der Waals surface area contributed by atoms with Gasteiger partial charge in [0.2, 0.25) is 0 Å². The van der Waals surface area contributed by atoms with Crippen LogP contribution in [-0.4, -0.2) is 16.4 Å². The van der Waals surface area contributed by atoms with Gasteiger partial charge in [-0.3, -0.25) is 4.79 Å². The third-order valence-electron chi connectivity index (χ3n) is 1.65. The van der Waals surface area contributed by atoms with E-state index in [4.69, 9.17) is 10.8 Å². The van der Waals surface area contributed by atoms with Crippen LogP contribution in [0.2, 0.25) is 0 Å². The van der Waals surface area contributed by atoms with Crippen molar-refractivity contribution in [2.75, 3.05) is 0 Å². The predicted octanol–water partition coefficient (Wildman–Crippen LogP) is 1.85. The lowest BCUT2D eigenvalue weighted by Crippen LogP contribution is -2.19. The van der Waals surface area contributed by atoms with Crippen LogP contribution < -0.4 is 5.73 Å². The summed E-state index contributed by atoms with van der Waals surface area (Å²) in [6.07, 6.45) is -0.0153. The summed E-state index contributed by atoms with van der Waals surface area (Å²) < 4.78 is 0. The standard InChI is InChI=1S/C10H13NO2S/c1-7-3-2-4-8(5-7)14-9(11)6-10(12)13/h2-5,9H,6,11H2,1H3,(H,12,13). The lowest BCUT2D eigenvalue weighted by atomic mass is 10.2. The van der Waals surface area contributed by atoms with Gasteiger partial charge in [0, 0.05) is 4.90 Å². The molecule has 14 heavy (non-hydrogen) atoms. The Morgan fingerprint density at radius 2 is 2.36 bits per heavy atom. The van der Waals surface area contributed by atoms with E-state index in [0.717, 1.165) is 10.5 Å². The SMILES string of the molecule is Cc1cccc(SC(N)CC(=O)O)c1. The van der Waals surface area contributed by atoms with Crippen molar-refractivity contribution in [1.29, 1.82) is 0 Å². The fourth-order valence-electron chi connectivity index (χ4n) is 1.08. The fraction of sp³-hybridized carbons (Fsp3) is 0.300. The number of carboxylic acids is 1. The maximum Gasteiger partial charge on any atom is 0.305 e. The molecule has 1 unspecified atom stereocenters. The summed E-state index contributed by atoms with van der Waals surface area (Å²) in [5.74, 6) is -0.863. The highest BCUT2D eigenvalue weighted by atomic mass is 32.2. The van der Waals surface area contributed by atoms with Crippen molar-refractivity contribution in [1.82, 2.24) is 0 Å². The average molecular weight is 211 g/mol. The first-order chi connectivity index (χ1) is 6.58. The first kappa shape index (κ1) is 11.1. The largest absolute Gasteiger partial charge is 0.481 e. The number of thioether (sulfide) groups is 1. The Bertz CT molecular complexity index is 328. The van der Waals surface area contributed by atoms with Crippen LogP contribution in [0.1, 0.15) is 12.0 Å². The zero-order chi connectivity index (χ0) is 10.6. The number of carboxylic acid groups (broad SMARTS) is 1. The molecule has 3 nitrogen and oxygen atoms in total. The molecule has 0 aliphatic rings. The molecule has 1 aromatic rings. The second kappa shape index (κ2) is 5.02. The molecule has 1 atom stereocenters. The molecular formula is C10H13NO2S. The summed E-state index contributed by atoms with van der Waals surface area (Å²) in [5.41, 5.74) is 6.79. The molecule has 0 spiro atoms. The van der Waals surface area contributed by atoms with Gasteiger partial charge in [0.15, 0.2) is 0 Å². The van der Waals surface area contributed by atoms with E-state index < -0.39 is 5.97 Å². The monoisotopic (exact) mass is 211 g/mol. The summed E-state index contributed by atoms with van der Waals surface area (Å²) in [6.45, 7) is 1.99. The summed E-state index contributed by atoms with van der Waals surface area (Å²) in [7, 11) is 0. The molecule has 0 aromatic heterocycles. The second-order valence-corrected chi connectivity index (χ2v) is 4.38. The summed E-state index contributed by atoms with van der Waals surface area (Å²) >= 11 is 1.38. The first-order valence-corrected chi connectivity index (χ1v) is 5.16. The Balaban J connectivity index is 2.55. The Labute approximate surface area is 87.3 Å². The van der Waals surface area contributed by atoms with Gasteiger partial charge in [-0.05, 0) is 19.1 Å². The van der Waals surface area contributed by atoms with E-state index in [9.17, 15) is 4.79 Å². The Kier molecular flexibility index (Phi) is 3.98. The maximum atomic E-state index is 10.4. The molecule has 0 heterocycles. The van der Waals surface area contributed by atoms with Crippen molar-refractivity contribution in [2.45, 2.75) is 23.6 Å². The van der Waals surface area contributed by atoms with Crippen LogP contribution >= 0.6 is 11.8 Å². The van der Waals surface area contributed by atoms with Crippen LogP contribution in [0.3, 0.4) is 0 Å². The third kappa shape index (κ3) is 3.81. The van der Waals surface area contributed by atoms with E-state index in [-0.39, 0.29) is 11.8 Å². The quantitative estimate of drug-likeness (QED) is 0.589. The van der Waals surface area contributed by atoms with Crippen molar-refractivity contribution >= 4 is 17.7 Å². The number of rotatable bonds is 4. The van der Waals surface area contributed by atoms with E-state index in [1.54, 1.807) is 0 Å². The van der Waals surface area contributed by atoms with E-state index >= 15 is 0 Å². The van der Waals surface area contributed by atoms with Gasteiger partial charge < -0.3 is 10.8 Å². The minimum atomic E-state index is -0.863. The number of aryl methyl sites for hydroxylation is 1. The third-order valence-corrected chi connectivity index (χ3v) is 2.65. The minimum Gasteiger partial charge on any atom is -0.481 e. The molecule has 4 heteroatoms. The van der Waals surface area contributed by atoms with Gasteiger partial charge in [0.05, 0.1) is 11.8 Å². The van der Waals surface area contributed by atoms with E-state index in [2.05, 4.69) is 0 Å². The molecule has 0 saturated heterocycles. The smallest absolute Gasteiger partial charge is 0.305 e. The molecule has 76 valence electrons. The Morgan fingerprint density at radius 3 is 2.93 bits per heavy atom. The number of hydrogen-bond acceptors (Lipinski definition) is 3. The van der Waals surface area contributed by atoms with Gasteiger partial charge in [0.1, 0.15) is 0 Å². The fourth-order valence-corrected chi connectivity index (χ4v) is 2.06. The van der Waals surface area contributed by atoms with Crippen molar-refractivity contribution in [3.8, 4) is 0 Å². The molecule has 1 rings (SSSR count). The maximum absolute atomic E-state index is 10.4. The van der Waals surface area contributed by atoms with Crippen molar-refractivity contribution in [3.05, 3.63) is 29.8 Å². The highest BCUT2D eigenvalue weighted by molar-refractivity contribution is 7.99. The summed E-state index contributed by atoms with van der Waals surface area (Å²) in [5, 5.41) is 8.14. The zero-order valence-corrected chi connectivity index (χ0v) is 8.75. The number of hydrogen-bond donors (Lipinski definition) is 2. The van der Waals surface area contributed by atoms with Gasteiger partial charge in [-0.25, -0.2) is 0 Å². The van der Waals surface area contributed by atoms with Crippen LogP contribution in [0.15, 0.2) is 29.2 Å². The number of carbonyl (C=O) groups is 1. The highest BCUT2D eigenvalue weighted by Crippen LogP contribution is 2.22. The van der Waals surface area contributed by atoms with Gasteiger partial charge in [-0.15, -0.1) is 11.8 Å². The van der Waals surface area contributed by atoms with Crippen LogP contribution in [-0.2, 0) is 4.79 Å². The molecule has 0 aliphatic heterocycles. The zero-order valence-electron chi connectivity index (χ0n) is 7.93. The molecule has 1 aromatic carbocycles. The molecule has 0 fully saturated rings. The number of nitrogens with two attached hydrogens (primary N) is 1. The van der Waals surface area contributed by atoms with E-state index in [0.29, 0.717) is 0 Å². The molecule has 0 bridgehead atoms. The minimum absolute atomic E-state index is 0.0153. The topological polar surface area (TPSA) is 63.3 Å². The van der Waals surface area contributed by atoms with Gasteiger partial charge >= 0.3 is 5.97 Å². The van der Waals surface area contributed by atoms with Gasteiger partial charge in [-0.1, -0.05) is 17.7 Å². The van der Waals surface area contributed by atoms with Crippen LogP contribution in [0, 0.1) is 6.92 Å². The normalized spacial score (nSPS) is 12.4. The molecule has 0 aliphatic carbocycles. The van der Waals surface area contributed by atoms with Crippen molar-refractivity contribution < 1.29 is 9.90 Å². The number of benzene rings is 1. The van der Waals surface area contributed by atoms with E-state index in [1.165, 1.54) is 11.8 Å². The van der Waals surface area contributed by atoms with Gasteiger partial charge in [-0.2, -0.15) is 0 Å². The van der Waals surface area contributed by atoms with Crippen LogP contribution in [0.5, 0.6) is 0 Å². The Hall–Kier alpha value is -1.00. The summed E-state index contributed by atoms with van der Waals surface area (Å²) in [4.78, 5) is 11.4. The average Bonchev–Trinajstić information content (AvgIpc) is 2.01. The van der Waals surface area contributed by atoms with Crippen molar-refractivity contribution in [3.63, 3.8) is 0 Å². The number of aliphatic carboxylic acids is 1. The van der Waals surface area contributed by atoms with Crippen LogP contribution in [0.25, 0.3) is 0 Å². The molecule has 0 amide bonds. The predicted molar refractivity (Wildman–Crippen MR) is 57.3 cm³/mol. The Morgan fingerprint density at radius 1 is 1.64 bits per heavy atom. The first-order valence-electron chi connectivity index (χ1n) is 4.28. The second-order valence-electron chi connectivity index (χ2n) is 3.07. The highest BCUT2D eigenvalue weighted by Gasteiger charge is 2.09. The lowest BCUT2D eigenvalue weighted by Gasteiger charge is -2.08. The van der Waals surface area contributed by atoms with E-state index in [1.807, 2.05) is 31.2 Å². The van der Waals surface area contributed by atoms with Crippen molar-refractivity contribution in [2.24, 2.45) is 5.73 Å². The molecular weight excluding hydrogens is 198 g/mol. The molecule has 0 radical (unpaired) electrons. The van der Waals surface area contributed by atoms with Crippen LogP contribution in [0.4, 0.5) is 0 Å². The lowest BCUT2D eigenvalue weighted by molar-refractivity contribution is -0.136. The summed E-state index contributed by atoms with van der Waals surface area (Å²) in [6, 6.07) is 7.85. The van der Waals surface area contributed by atoms with Gasteiger partial charge in [0.25, 0.3) is 0 Å². The molecule has 0 saturated carbocycles. The molecule has 3 N–H and O–H groups in total.